The average Bonchev–Trinajstić information content (AvgIpc) is 2.86. The van der Waals surface area contributed by atoms with Crippen LogP contribution in [-0.4, -0.2) is 51.1 Å². The number of aromatic nitrogens is 4. The number of likely N-dealkylation sites (N-methyl/N-ethyl adjacent to an activating group) is 1. The van der Waals surface area contributed by atoms with Crippen LogP contribution in [0.5, 0.6) is 0 Å². The first-order valence-electron chi connectivity index (χ1n) is 7.03. The van der Waals surface area contributed by atoms with Crippen molar-refractivity contribution in [2.24, 2.45) is 0 Å². The Balaban J connectivity index is 2.63. The van der Waals surface area contributed by atoms with Gasteiger partial charge in [-0.15, -0.1) is 5.10 Å². The van der Waals surface area contributed by atoms with Crippen LogP contribution in [0.2, 0.25) is 0 Å². The predicted octanol–water partition coefficient (Wildman–Crippen LogP) is 1.11. The number of carbonyl (C=O) groups is 1. The van der Waals surface area contributed by atoms with Crippen molar-refractivity contribution in [2.45, 2.75) is 50.6 Å². The maximum atomic E-state index is 11.9. The van der Waals surface area contributed by atoms with Crippen LogP contribution in [-0.2, 0) is 16.1 Å². The van der Waals surface area contributed by atoms with Gasteiger partial charge in [-0.1, -0.05) is 32.0 Å². The van der Waals surface area contributed by atoms with Crippen molar-refractivity contribution < 1.29 is 9.53 Å². The maximum absolute atomic E-state index is 11.9. The van der Waals surface area contributed by atoms with Crippen LogP contribution in [0.25, 0.3) is 0 Å². The van der Waals surface area contributed by atoms with Gasteiger partial charge in [-0.05, 0) is 30.3 Å². The number of rotatable bonds is 10. The molecule has 8 heteroatoms. The van der Waals surface area contributed by atoms with Gasteiger partial charge in [0, 0.05) is 6.54 Å². The summed E-state index contributed by atoms with van der Waals surface area (Å²) < 4.78 is 6.81. The molecule has 0 aliphatic heterocycles. The summed E-state index contributed by atoms with van der Waals surface area (Å²) in [7, 11) is 0. The molecule has 0 spiro atoms. The van der Waals surface area contributed by atoms with E-state index >= 15 is 0 Å². The molecule has 1 atom stereocenters. The summed E-state index contributed by atoms with van der Waals surface area (Å²) in [6.07, 6.45) is 1.67. The molecule has 1 rings (SSSR count). The molecule has 0 aliphatic carbocycles. The molecule has 0 saturated carbocycles. The lowest BCUT2D eigenvalue weighted by atomic mass is 10.2. The Bertz CT molecular complexity index is 399. The molecule has 114 valence electrons. The molecule has 1 heterocycles. The zero-order valence-corrected chi connectivity index (χ0v) is 13.2. The second kappa shape index (κ2) is 9.71. The van der Waals surface area contributed by atoms with Crippen LogP contribution < -0.4 is 5.32 Å². The number of thioether (sulfide) groups is 1. The third-order valence-corrected chi connectivity index (χ3v) is 3.81. The van der Waals surface area contributed by atoms with E-state index in [4.69, 9.17) is 4.74 Å². The Morgan fingerprint density at radius 2 is 2.25 bits per heavy atom. The van der Waals surface area contributed by atoms with Crippen LogP contribution in [0.15, 0.2) is 5.16 Å². The minimum atomic E-state index is -0.246. The summed E-state index contributed by atoms with van der Waals surface area (Å²) in [5, 5.41) is 15.3. The van der Waals surface area contributed by atoms with Crippen molar-refractivity contribution in [2.75, 3.05) is 19.7 Å². The summed E-state index contributed by atoms with van der Waals surface area (Å²) >= 11 is 1.38. The van der Waals surface area contributed by atoms with Gasteiger partial charge < -0.3 is 10.1 Å². The summed E-state index contributed by atoms with van der Waals surface area (Å²) in [4.78, 5) is 11.9. The molecule has 0 amide bonds. The molecule has 1 aromatic rings. The van der Waals surface area contributed by atoms with E-state index in [1.54, 1.807) is 4.68 Å². The third-order valence-electron chi connectivity index (χ3n) is 2.60. The number of ether oxygens (including phenoxy) is 1. The molecular weight excluding hydrogens is 278 g/mol. The smallest absolute Gasteiger partial charge is 0.319 e. The average molecular weight is 301 g/mol. The topological polar surface area (TPSA) is 81.9 Å². The number of nitrogens with zero attached hydrogens (tertiary/aromatic N) is 4. The van der Waals surface area contributed by atoms with Crippen LogP contribution in [0.3, 0.4) is 0 Å². The van der Waals surface area contributed by atoms with E-state index in [2.05, 4.69) is 20.8 Å². The van der Waals surface area contributed by atoms with Crippen molar-refractivity contribution in [3.05, 3.63) is 0 Å². The lowest BCUT2D eigenvalue weighted by Gasteiger charge is -2.13. The first kappa shape index (κ1) is 16.9. The third kappa shape index (κ3) is 5.46. The Morgan fingerprint density at radius 1 is 1.45 bits per heavy atom. The Hall–Kier alpha value is -1.15. The van der Waals surface area contributed by atoms with E-state index < -0.39 is 0 Å². The second-order valence-corrected chi connectivity index (χ2v) is 5.36. The fourth-order valence-electron chi connectivity index (χ4n) is 1.63. The molecule has 0 fully saturated rings. The fourth-order valence-corrected chi connectivity index (χ4v) is 2.74. The highest BCUT2D eigenvalue weighted by molar-refractivity contribution is 8.00. The fraction of sp³-hybridized carbons (Fsp3) is 0.833. The molecule has 0 bridgehead atoms. The van der Waals surface area contributed by atoms with Crippen molar-refractivity contribution >= 4 is 17.7 Å². The van der Waals surface area contributed by atoms with Gasteiger partial charge in [0.15, 0.2) is 0 Å². The van der Waals surface area contributed by atoms with Crippen LogP contribution >= 0.6 is 11.8 Å². The molecule has 7 nitrogen and oxygen atoms in total. The molecule has 1 aromatic heterocycles. The molecular formula is C12H23N5O2S. The van der Waals surface area contributed by atoms with Crippen molar-refractivity contribution in [1.82, 2.24) is 25.5 Å². The van der Waals surface area contributed by atoms with E-state index in [-0.39, 0.29) is 11.2 Å². The number of hydrogen-bond donors (Lipinski definition) is 1. The van der Waals surface area contributed by atoms with Gasteiger partial charge >= 0.3 is 5.97 Å². The van der Waals surface area contributed by atoms with Gasteiger partial charge in [0.25, 0.3) is 0 Å². The SMILES string of the molecule is CCCC(Sc1nnnn1CCNCC)C(=O)OCC. The molecule has 0 aromatic carbocycles. The maximum Gasteiger partial charge on any atom is 0.319 e. The molecule has 1 unspecified atom stereocenters. The summed E-state index contributed by atoms with van der Waals surface area (Å²) in [6.45, 7) is 8.69. The predicted molar refractivity (Wildman–Crippen MR) is 77.5 cm³/mol. The summed E-state index contributed by atoms with van der Waals surface area (Å²) in [5.74, 6) is -0.194. The number of hydrogen-bond acceptors (Lipinski definition) is 7. The highest BCUT2D eigenvalue weighted by atomic mass is 32.2. The molecule has 0 saturated heterocycles. The Morgan fingerprint density at radius 3 is 2.90 bits per heavy atom. The second-order valence-electron chi connectivity index (χ2n) is 4.19. The highest BCUT2D eigenvalue weighted by Crippen LogP contribution is 2.25. The molecule has 0 aliphatic rings. The van der Waals surface area contributed by atoms with Gasteiger partial charge in [-0.25, -0.2) is 4.68 Å². The van der Waals surface area contributed by atoms with E-state index in [1.807, 2.05) is 20.8 Å². The molecule has 0 radical (unpaired) electrons. The number of esters is 1. The minimum Gasteiger partial charge on any atom is -0.465 e. The van der Waals surface area contributed by atoms with Crippen molar-refractivity contribution in [3.8, 4) is 0 Å². The van der Waals surface area contributed by atoms with Gasteiger partial charge in [0.05, 0.1) is 13.2 Å². The first-order chi connectivity index (χ1) is 9.72. The number of nitrogens with one attached hydrogen (secondary N) is 1. The quantitative estimate of drug-likeness (QED) is 0.394. The van der Waals surface area contributed by atoms with Crippen LogP contribution in [0.4, 0.5) is 0 Å². The Labute approximate surface area is 123 Å². The largest absolute Gasteiger partial charge is 0.465 e. The summed E-state index contributed by atoms with van der Waals surface area (Å²) in [5.41, 5.74) is 0. The lowest BCUT2D eigenvalue weighted by molar-refractivity contribution is -0.142. The first-order valence-corrected chi connectivity index (χ1v) is 7.91. The van der Waals surface area contributed by atoms with Gasteiger partial charge in [0.2, 0.25) is 5.16 Å². The zero-order chi connectivity index (χ0) is 14.8. The minimum absolute atomic E-state index is 0.194. The van der Waals surface area contributed by atoms with E-state index in [1.165, 1.54) is 11.8 Å². The number of tetrazole rings is 1. The van der Waals surface area contributed by atoms with E-state index in [0.717, 1.165) is 25.9 Å². The number of carbonyl (C=O) groups excluding carboxylic acids is 1. The van der Waals surface area contributed by atoms with E-state index in [9.17, 15) is 4.79 Å². The van der Waals surface area contributed by atoms with Gasteiger partial charge in [-0.2, -0.15) is 0 Å². The zero-order valence-electron chi connectivity index (χ0n) is 12.3. The van der Waals surface area contributed by atoms with Crippen molar-refractivity contribution in [3.63, 3.8) is 0 Å². The van der Waals surface area contributed by atoms with Crippen LogP contribution in [0.1, 0.15) is 33.6 Å². The van der Waals surface area contributed by atoms with E-state index in [0.29, 0.717) is 18.3 Å². The van der Waals surface area contributed by atoms with Gasteiger partial charge in [0.1, 0.15) is 5.25 Å². The van der Waals surface area contributed by atoms with Crippen molar-refractivity contribution in [1.29, 1.82) is 0 Å². The molecule has 1 N–H and O–H groups in total. The summed E-state index contributed by atoms with van der Waals surface area (Å²) in [6, 6.07) is 0. The normalized spacial score (nSPS) is 12.3. The van der Waals surface area contributed by atoms with Gasteiger partial charge in [-0.3, -0.25) is 4.79 Å². The standard InChI is InChI=1S/C12H23N5O2S/c1-4-7-10(11(18)19-6-3)20-12-14-15-16-17(12)9-8-13-5-2/h10,13H,4-9H2,1-3H3. The lowest BCUT2D eigenvalue weighted by Crippen LogP contribution is -2.23. The highest BCUT2D eigenvalue weighted by Gasteiger charge is 2.23. The molecule has 20 heavy (non-hydrogen) atoms. The Kier molecular flexibility index (Phi) is 8.20. The monoisotopic (exact) mass is 301 g/mol. The van der Waals surface area contributed by atoms with Crippen LogP contribution in [0, 0.1) is 0 Å².